The largest absolute Gasteiger partial charge is 0.454 e. The van der Waals surface area contributed by atoms with E-state index in [0.29, 0.717) is 52.4 Å². The molecule has 0 saturated carbocycles. The summed E-state index contributed by atoms with van der Waals surface area (Å²) in [6.45, 7) is 4.43. The van der Waals surface area contributed by atoms with Gasteiger partial charge in [0.15, 0.2) is 16.3 Å². The van der Waals surface area contributed by atoms with Gasteiger partial charge in [0.05, 0.1) is 17.4 Å². The van der Waals surface area contributed by atoms with Crippen LogP contribution in [0.3, 0.4) is 0 Å². The summed E-state index contributed by atoms with van der Waals surface area (Å²) >= 11 is 5.47. The molecule has 6 rings (SSSR count). The van der Waals surface area contributed by atoms with Crippen molar-refractivity contribution in [2.75, 3.05) is 33.0 Å². The summed E-state index contributed by atoms with van der Waals surface area (Å²) in [6, 6.07) is 21.2. The Hall–Kier alpha value is -3.95. The lowest BCUT2D eigenvalue weighted by Crippen LogP contribution is -2.48. The number of aromatic amines is 1. The van der Waals surface area contributed by atoms with Gasteiger partial charge in [-0.15, -0.1) is 0 Å². The zero-order chi connectivity index (χ0) is 25.4. The molecule has 0 bridgehead atoms. The number of carbonyl (C=O) groups is 1. The lowest BCUT2D eigenvalue weighted by molar-refractivity contribution is 0.0628. The first-order valence-corrected chi connectivity index (χ1v) is 12.7. The number of carbonyl (C=O) groups excluding carboxylic acids is 1. The lowest BCUT2D eigenvalue weighted by Gasteiger charge is -2.34. The van der Waals surface area contributed by atoms with Crippen molar-refractivity contribution >= 4 is 29.0 Å². The third-order valence-corrected chi connectivity index (χ3v) is 7.25. The summed E-state index contributed by atoms with van der Waals surface area (Å²) in [6.07, 6.45) is 0. The Labute approximate surface area is 218 Å². The van der Waals surface area contributed by atoms with Gasteiger partial charge in [0.2, 0.25) is 6.79 Å². The topological polar surface area (TPSA) is 79.8 Å². The summed E-state index contributed by atoms with van der Waals surface area (Å²) in [5.41, 5.74) is 3.22. The van der Waals surface area contributed by atoms with Crippen molar-refractivity contribution in [1.82, 2.24) is 19.4 Å². The highest BCUT2D eigenvalue weighted by atomic mass is 32.1. The van der Waals surface area contributed by atoms with E-state index in [-0.39, 0.29) is 18.3 Å². The molecular weight excluding hydrogens is 488 g/mol. The van der Waals surface area contributed by atoms with Crippen LogP contribution in [-0.4, -0.2) is 58.2 Å². The molecule has 1 saturated heterocycles. The van der Waals surface area contributed by atoms with Gasteiger partial charge in [0.25, 0.3) is 11.5 Å². The van der Waals surface area contributed by atoms with Crippen LogP contribution < -0.4 is 15.0 Å². The predicted molar refractivity (Wildman–Crippen MR) is 143 cm³/mol. The van der Waals surface area contributed by atoms with Gasteiger partial charge in [-0.2, -0.15) is 0 Å². The van der Waals surface area contributed by atoms with Crippen molar-refractivity contribution in [2.24, 2.45) is 0 Å². The van der Waals surface area contributed by atoms with Crippen LogP contribution in [-0.2, 0) is 13.1 Å². The first-order chi connectivity index (χ1) is 18.0. The van der Waals surface area contributed by atoms with Gasteiger partial charge in [-0.25, -0.2) is 0 Å². The van der Waals surface area contributed by atoms with Crippen molar-refractivity contribution in [3.8, 4) is 11.5 Å². The molecule has 0 unspecified atom stereocenters. The number of ether oxygens (including phenoxy) is 2. The van der Waals surface area contributed by atoms with Gasteiger partial charge in [-0.3, -0.25) is 19.1 Å². The van der Waals surface area contributed by atoms with Crippen LogP contribution in [0.25, 0.3) is 10.9 Å². The van der Waals surface area contributed by atoms with Crippen LogP contribution in [0.1, 0.15) is 21.5 Å². The van der Waals surface area contributed by atoms with Crippen LogP contribution in [0.15, 0.2) is 71.5 Å². The fourth-order valence-electron chi connectivity index (χ4n) is 4.85. The fraction of sp³-hybridized carbons (Fsp3) is 0.250. The molecule has 1 fully saturated rings. The Kier molecular flexibility index (Phi) is 6.23. The van der Waals surface area contributed by atoms with Crippen molar-refractivity contribution in [3.63, 3.8) is 0 Å². The Bertz CT molecular complexity index is 1570. The molecule has 8 nitrogen and oxygen atoms in total. The van der Waals surface area contributed by atoms with Gasteiger partial charge in [0.1, 0.15) is 0 Å². The Morgan fingerprint density at radius 1 is 0.865 bits per heavy atom. The van der Waals surface area contributed by atoms with Crippen LogP contribution >= 0.6 is 12.2 Å². The second-order valence-corrected chi connectivity index (χ2v) is 9.71. The average molecular weight is 515 g/mol. The fourth-order valence-corrected chi connectivity index (χ4v) is 5.11. The van der Waals surface area contributed by atoms with Crippen molar-refractivity contribution in [3.05, 3.63) is 98.5 Å². The number of benzene rings is 3. The molecule has 1 N–H and O–H groups in total. The van der Waals surface area contributed by atoms with Crippen LogP contribution in [0.4, 0.5) is 0 Å². The zero-order valence-corrected chi connectivity index (χ0v) is 21.0. The zero-order valence-electron chi connectivity index (χ0n) is 20.2. The number of nitrogens with zero attached hydrogens (tertiary/aromatic N) is 3. The van der Waals surface area contributed by atoms with Gasteiger partial charge in [-0.1, -0.05) is 42.5 Å². The molecule has 1 aromatic heterocycles. The molecule has 3 aromatic carbocycles. The Morgan fingerprint density at radius 3 is 2.27 bits per heavy atom. The minimum absolute atomic E-state index is 0.0298. The van der Waals surface area contributed by atoms with Crippen molar-refractivity contribution in [1.29, 1.82) is 0 Å². The van der Waals surface area contributed by atoms with E-state index >= 15 is 0 Å². The minimum Gasteiger partial charge on any atom is -0.454 e. The van der Waals surface area contributed by atoms with E-state index in [9.17, 15) is 9.59 Å². The van der Waals surface area contributed by atoms with Crippen molar-refractivity contribution < 1.29 is 14.3 Å². The van der Waals surface area contributed by atoms with E-state index < -0.39 is 0 Å². The number of aromatic nitrogens is 2. The third-order valence-electron chi connectivity index (χ3n) is 6.93. The third kappa shape index (κ3) is 4.75. The molecule has 0 spiro atoms. The summed E-state index contributed by atoms with van der Waals surface area (Å²) in [4.78, 5) is 33.7. The molecule has 0 aliphatic carbocycles. The van der Waals surface area contributed by atoms with Crippen LogP contribution in [0, 0.1) is 4.77 Å². The number of piperazine rings is 1. The maximum Gasteiger partial charge on any atom is 0.262 e. The lowest BCUT2D eigenvalue weighted by atomic mass is 10.1. The molecule has 9 heteroatoms. The molecule has 1 amide bonds. The number of H-pyrrole nitrogens is 1. The van der Waals surface area contributed by atoms with Gasteiger partial charge < -0.3 is 19.4 Å². The first kappa shape index (κ1) is 23.4. The monoisotopic (exact) mass is 514 g/mol. The quantitative estimate of drug-likeness (QED) is 0.408. The number of nitrogens with one attached hydrogen (secondary N) is 1. The van der Waals surface area contributed by atoms with Gasteiger partial charge in [-0.05, 0) is 41.5 Å². The Morgan fingerprint density at radius 2 is 1.54 bits per heavy atom. The Balaban J connectivity index is 1.13. The van der Waals surface area contributed by atoms with E-state index in [1.807, 2.05) is 35.2 Å². The number of fused-ring (bicyclic) bond motifs is 2. The van der Waals surface area contributed by atoms with Crippen LogP contribution in [0.2, 0.25) is 0 Å². The van der Waals surface area contributed by atoms with Gasteiger partial charge in [0, 0.05) is 44.4 Å². The highest BCUT2D eigenvalue weighted by molar-refractivity contribution is 7.71. The SMILES string of the molecule is O=C(c1ccc(Cn2c(=S)[nH]c3cc4c(cc3c2=O)OCO4)cc1)N1CCN(Cc2ccccc2)CC1. The first-order valence-electron chi connectivity index (χ1n) is 12.3. The average Bonchev–Trinajstić information content (AvgIpc) is 3.39. The van der Waals surface area contributed by atoms with Gasteiger partial charge >= 0.3 is 0 Å². The van der Waals surface area contributed by atoms with E-state index in [4.69, 9.17) is 21.7 Å². The summed E-state index contributed by atoms with van der Waals surface area (Å²) < 4.78 is 12.7. The van der Waals surface area contributed by atoms with Crippen molar-refractivity contribution in [2.45, 2.75) is 13.1 Å². The number of hydrogen-bond donors (Lipinski definition) is 1. The molecule has 0 radical (unpaired) electrons. The second-order valence-electron chi connectivity index (χ2n) is 9.32. The van der Waals surface area contributed by atoms with E-state index in [1.54, 1.807) is 12.1 Å². The molecular formula is C28H26N4O4S. The summed E-state index contributed by atoms with van der Waals surface area (Å²) in [7, 11) is 0. The number of rotatable bonds is 5. The number of amides is 1. The number of hydrogen-bond acceptors (Lipinski definition) is 6. The molecule has 2 aliphatic heterocycles. The standard InChI is InChI=1S/C28H26N4O4S/c33-26(31-12-10-30(11-13-31)16-19-4-2-1-3-5-19)21-8-6-20(7-9-21)17-32-27(34)22-14-24-25(36-18-35-24)15-23(22)29-28(32)37/h1-9,14-15H,10-13,16-18H2,(H,29,37). The summed E-state index contributed by atoms with van der Waals surface area (Å²) in [5.74, 6) is 1.17. The second kappa shape index (κ2) is 9.84. The van der Waals surface area contributed by atoms with E-state index in [1.165, 1.54) is 10.1 Å². The molecule has 3 heterocycles. The highest BCUT2D eigenvalue weighted by Crippen LogP contribution is 2.34. The molecule has 0 atom stereocenters. The molecule has 2 aliphatic rings. The minimum atomic E-state index is -0.203. The van der Waals surface area contributed by atoms with E-state index in [2.05, 4.69) is 34.1 Å². The molecule has 37 heavy (non-hydrogen) atoms. The molecule has 4 aromatic rings. The predicted octanol–water partition coefficient (Wildman–Crippen LogP) is 3.79. The highest BCUT2D eigenvalue weighted by Gasteiger charge is 2.22. The normalized spacial score (nSPS) is 15.3. The smallest absolute Gasteiger partial charge is 0.262 e. The van der Waals surface area contributed by atoms with Crippen LogP contribution in [0.5, 0.6) is 11.5 Å². The molecule has 188 valence electrons. The summed E-state index contributed by atoms with van der Waals surface area (Å²) in [5, 5.41) is 0.482. The maximum absolute atomic E-state index is 13.2. The maximum atomic E-state index is 13.2. The van der Waals surface area contributed by atoms with E-state index in [0.717, 1.165) is 25.2 Å².